The third-order valence-electron chi connectivity index (χ3n) is 4.66. The molecule has 0 aliphatic carbocycles. The summed E-state index contributed by atoms with van der Waals surface area (Å²) < 4.78 is 0. The number of nitrogens with zero attached hydrogens (tertiary/aromatic N) is 4. The number of rotatable bonds is 2. The Kier molecular flexibility index (Phi) is 4.91. The van der Waals surface area contributed by atoms with E-state index < -0.39 is 0 Å². The molecule has 0 radical (unpaired) electrons. The van der Waals surface area contributed by atoms with Gasteiger partial charge < -0.3 is 15.1 Å². The summed E-state index contributed by atoms with van der Waals surface area (Å²) >= 11 is 0. The predicted octanol–water partition coefficient (Wildman–Crippen LogP) is 0.540. The molecule has 0 aromatic carbocycles. The minimum atomic E-state index is 0.416. The van der Waals surface area contributed by atoms with Crippen LogP contribution in [0.2, 0.25) is 0 Å². The van der Waals surface area contributed by atoms with E-state index in [4.69, 9.17) is 0 Å². The summed E-state index contributed by atoms with van der Waals surface area (Å²) in [6.45, 7) is 11.3. The number of hydrogen-bond acceptors (Lipinski definition) is 3. The maximum atomic E-state index is 4.46. The molecule has 0 bridgehead atoms. The van der Waals surface area contributed by atoms with Gasteiger partial charge >= 0.3 is 0 Å². The zero-order chi connectivity index (χ0) is 14.8. The van der Waals surface area contributed by atoms with E-state index >= 15 is 0 Å². The second-order valence-corrected chi connectivity index (χ2v) is 7.16. The molecular weight excluding hydrogens is 250 g/mol. The first-order chi connectivity index (χ1) is 9.41. The maximum absolute atomic E-state index is 4.46. The Labute approximate surface area is 124 Å². The number of nitrogens with one attached hydrogen (secondary N) is 1. The molecule has 0 aromatic rings. The van der Waals surface area contributed by atoms with Crippen molar-refractivity contribution in [1.82, 2.24) is 20.0 Å². The van der Waals surface area contributed by atoms with Crippen LogP contribution in [0.4, 0.5) is 0 Å². The molecule has 20 heavy (non-hydrogen) atoms. The van der Waals surface area contributed by atoms with Crippen LogP contribution in [0, 0.1) is 5.41 Å². The van der Waals surface area contributed by atoms with Crippen LogP contribution in [0.1, 0.15) is 20.3 Å². The maximum Gasteiger partial charge on any atom is 0.193 e. The molecule has 2 heterocycles. The van der Waals surface area contributed by atoms with E-state index in [0.717, 1.165) is 38.7 Å². The van der Waals surface area contributed by atoms with E-state index in [1.807, 2.05) is 7.05 Å². The van der Waals surface area contributed by atoms with Gasteiger partial charge in [-0.15, -0.1) is 0 Å². The van der Waals surface area contributed by atoms with Crippen LogP contribution in [-0.4, -0.2) is 87.1 Å². The van der Waals surface area contributed by atoms with Gasteiger partial charge in [-0.1, -0.05) is 13.8 Å². The van der Waals surface area contributed by atoms with Gasteiger partial charge in [-0.05, 0) is 25.9 Å². The van der Waals surface area contributed by atoms with Crippen LogP contribution in [0.3, 0.4) is 0 Å². The summed E-state index contributed by atoms with van der Waals surface area (Å²) in [5, 5.41) is 3.58. The molecule has 5 heteroatoms. The standard InChI is InChI=1S/C15H31N5/c1-15(2)6-7-20(12-15)14(16-3)17-10-13-11-18(4)8-9-19(13)5/h13H,6-12H2,1-5H3,(H,16,17). The first-order valence-corrected chi connectivity index (χ1v) is 7.76. The Hall–Kier alpha value is -0.810. The average Bonchev–Trinajstić information content (AvgIpc) is 2.74. The van der Waals surface area contributed by atoms with Crippen LogP contribution in [0.5, 0.6) is 0 Å². The molecule has 1 atom stereocenters. The number of aliphatic imine (C=N–C) groups is 1. The molecule has 2 saturated heterocycles. The van der Waals surface area contributed by atoms with Gasteiger partial charge in [-0.3, -0.25) is 9.89 Å². The van der Waals surface area contributed by atoms with Crippen molar-refractivity contribution in [3.8, 4) is 0 Å². The van der Waals surface area contributed by atoms with Crippen LogP contribution >= 0.6 is 0 Å². The highest BCUT2D eigenvalue weighted by atomic mass is 15.3. The van der Waals surface area contributed by atoms with E-state index in [9.17, 15) is 0 Å². The molecule has 2 aliphatic heterocycles. The average molecular weight is 281 g/mol. The van der Waals surface area contributed by atoms with Crippen molar-refractivity contribution in [2.45, 2.75) is 26.3 Å². The highest BCUT2D eigenvalue weighted by Crippen LogP contribution is 2.28. The number of likely N-dealkylation sites (N-methyl/N-ethyl adjacent to an activating group) is 2. The van der Waals surface area contributed by atoms with E-state index in [1.54, 1.807) is 0 Å². The fraction of sp³-hybridized carbons (Fsp3) is 0.933. The summed E-state index contributed by atoms with van der Waals surface area (Å²) in [5.41, 5.74) is 0.416. The Balaban J connectivity index is 1.85. The molecule has 2 fully saturated rings. The normalized spacial score (nSPS) is 28.9. The number of likely N-dealkylation sites (tertiary alicyclic amines) is 1. The molecule has 0 aromatic heterocycles. The van der Waals surface area contributed by atoms with Crippen molar-refractivity contribution in [2.75, 3.05) is 60.4 Å². The van der Waals surface area contributed by atoms with Crippen molar-refractivity contribution in [2.24, 2.45) is 10.4 Å². The second-order valence-electron chi connectivity index (χ2n) is 7.16. The third kappa shape index (κ3) is 3.85. The van der Waals surface area contributed by atoms with Gasteiger partial charge in [0.1, 0.15) is 0 Å². The molecule has 0 amide bonds. The van der Waals surface area contributed by atoms with Gasteiger partial charge in [0.25, 0.3) is 0 Å². The lowest BCUT2D eigenvalue weighted by Gasteiger charge is -2.38. The molecule has 116 valence electrons. The lowest BCUT2D eigenvalue weighted by molar-refractivity contribution is 0.116. The number of guanidine groups is 1. The Bertz CT molecular complexity index is 352. The molecule has 2 aliphatic rings. The van der Waals surface area contributed by atoms with Crippen molar-refractivity contribution < 1.29 is 0 Å². The molecule has 1 N–H and O–H groups in total. The van der Waals surface area contributed by atoms with Crippen molar-refractivity contribution in [1.29, 1.82) is 0 Å². The smallest absolute Gasteiger partial charge is 0.193 e. The summed E-state index contributed by atoms with van der Waals surface area (Å²) in [4.78, 5) is 11.7. The summed E-state index contributed by atoms with van der Waals surface area (Å²) in [6, 6.07) is 0.570. The van der Waals surface area contributed by atoms with Gasteiger partial charge in [-0.2, -0.15) is 0 Å². The summed E-state index contributed by atoms with van der Waals surface area (Å²) in [7, 11) is 6.32. The van der Waals surface area contributed by atoms with Crippen molar-refractivity contribution >= 4 is 5.96 Å². The topological polar surface area (TPSA) is 34.1 Å². The minimum Gasteiger partial charge on any atom is -0.355 e. The molecule has 0 spiro atoms. The van der Waals surface area contributed by atoms with Crippen LogP contribution in [-0.2, 0) is 0 Å². The van der Waals surface area contributed by atoms with E-state index in [1.165, 1.54) is 13.0 Å². The molecule has 1 unspecified atom stereocenters. The Morgan fingerprint density at radius 1 is 1.25 bits per heavy atom. The third-order valence-corrected chi connectivity index (χ3v) is 4.66. The number of piperazine rings is 1. The summed E-state index contributed by atoms with van der Waals surface area (Å²) in [6.07, 6.45) is 1.25. The first-order valence-electron chi connectivity index (χ1n) is 7.76. The van der Waals surface area contributed by atoms with Gasteiger partial charge in [0, 0.05) is 52.4 Å². The van der Waals surface area contributed by atoms with Crippen molar-refractivity contribution in [3.05, 3.63) is 0 Å². The highest BCUT2D eigenvalue weighted by molar-refractivity contribution is 5.80. The van der Waals surface area contributed by atoms with Gasteiger partial charge in [0.2, 0.25) is 0 Å². The molecule has 5 nitrogen and oxygen atoms in total. The SMILES string of the molecule is CN=C(NCC1CN(C)CCN1C)N1CCC(C)(C)C1. The quantitative estimate of drug-likeness (QED) is 0.592. The second kappa shape index (κ2) is 6.31. The van der Waals surface area contributed by atoms with Crippen LogP contribution in [0.25, 0.3) is 0 Å². The summed E-state index contributed by atoms with van der Waals surface area (Å²) in [5.74, 6) is 1.07. The fourth-order valence-electron chi connectivity index (χ4n) is 3.16. The predicted molar refractivity (Wildman–Crippen MR) is 85.2 cm³/mol. The van der Waals surface area contributed by atoms with E-state index in [0.29, 0.717) is 11.5 Å². The lowest BCUT2D eigenvalue weighted by Crippen LogP contribution is -2.55. The zero-order valence-electron chi connectivity index (χ0n) is 13.8. The Morgan fingerprint density at radius 2 is 2.00 bits per heavy atom. The van der Waals surface area contributed by atoms with Gasteiger partial charge in [0.15, 0.2) is 5.96 Å². The van der Waals surface area contributed by atoms with E-state index in [-0.39, 0.29) is 0 Å². The van der Waals surface area contributed by atoms with Gasteiger partial charge in [0.05, 0.1) is 0 Å². The molecule has 0 saturated carbocycles. The number of hydrogen-bond donors (Lipinski definition) is 1. The van der Waals surface area contributed by atoms with Crippen molar-refractivity contribution in [3.63, 3.8) is 0 Å². The largest absolute Gasteiger partial charge is 0.355 e. The molecule has 2 rings (SSSR count). The van der Waals surface area contributed by atoms with Gasteiger partial charge in [-0.25, -0.2) is 0 Å². The zero-order valence-corrected chi connectivity index (χ0v) is 13.8. The highest BCUT2D eigenvalue weighted by Gasteiger charge is 2.31. The Morgan fingerprint density at radius 3 is 2.60 bits per heavy atom. The van der Waals surface area contributed by atoms with Crippen LogP contribution in [0.15, 0.2) is 4.99 Å². The monoisotopic (exact) mass is 281 g/mol. The minimum absolute atomic E-state index is 0.416. The molecular formula is C15H31N5. The van der Waals surface area contributed by atoms with E-state index in [2.05, 4.69) is 53.0 Å². The van der Waals surface area contributed by atoms with Crippen LogP contribution < -0.4 is 5.32 Å². The lowest BCUT2D eigenvalue weighted by atomic mass is 9.93. The first kappa shape index (κ1) is 15.6. The fourth-order valence-corrected chi connectivity index (χ4v) is 3.16.